The fourth-order valence-corrected chi connectivity index (χ4v) is 3.06. The van der Waals surface area contributed by atoms with E-state index in [1.54, 1.807) is 13.1 Å². The Bertz CT molecular complexity index is 495. The molecule has 0 unspecified atom stereocenters. The summed E-state index contributed by atoms with van der Waals surface area (Å²) in [5.74, 6) is 0.200. The van der Waals surface area contributed by atoms with Gasteiger partial charge in [0.1, 0.15) is 5.75 Å². The van der Waals surface area contributed by atoms with Crippen molar-refractivity contribution >= 4 is 0 Å². The van der Waals surface area contributed by atoms with Gasteiger partial charge >= 0.3 is 0 Å². The molecule has 110 valence electrons. The lowest BCUT2D eigenvalue weighted by molar-refractivity contribution is -0.0503. The van der Waals surface area contributed by atoms with Crippen molar-refractivity contribution in [2.75, 3.05) is 26.2 Å². The molecule has 6 heteroatoms. The fraction of sp³-hybridized carbons (Fsp3) is 0.643. The van der Waals surface area contributed by atoms with Gasteiger partial charge in [0.15, 0.2) is 0 Å². The highest BCUT2D eigenvalue weighted by atomic mass is 16.5. The van der Waals surface area contributed by atoms with Gasteiger partial charge in [-0.2, -0.15) is 0 Å². The van der Waals surface area contributed by atoms with E-state index in [0.717, 1.165) is 25.2 Å². The summed E-state index contributed by atoms with van der Waals surface area (Å²) in [6, 6.07) is 0.336. The molecule has 2 fully saturated rings. The quantitative estimate of drug-likeness (QED) is 0.709. The Hall–Kier alpha value is -1.21. The second-order valence-corrected chi connectivity index (χ2v) is 5.46. The summed E-state index contributed by atoms with van der Waals surface area (Å²) >= 11 is 0. The number of aryl methyl sites for hydroxylation is 1. The van der Waals surface area contributed by atoms with Gasteiger partial charge in [-0.25, -0.2) is 0 Å². The van der Waals surface area contributed by atoms with E-state index in [4.69, 9.17) is 4.74 Å². The largest absolute Gasteiger partial charge is 0.506 e. The van der Waals surface area contributed by atoms with Gasteiger partial charge < -0.3 is 20.3 Å². The summed E-state index contributed by atoms with van der Waals surface area (Å²) < 4.78 is 5.75. The Morgan fingerprint density at radius 3 is 3.15 bits per heavy atom. The lowest BCUT2D eigenvalue weighted by Gasteiger charge is -2.37. The lowest BCUT2D eigenvalue weighted by Crippen LogP contribution is -2.50. The molecule has 3 rings (SSSR count). The zero-order valence-corrected chi connectivity index (χ0v) is 11.7. The van der Waals surface area contributed by atoms with Crippen LogP contribution < -0.4 is 5.32 Å². The predicted octanol–water partition coefficient (Wildman–Crippen LogP) is -0.239. The van der Waals surface area contributed by atoms with Crippen molar-refractivity contribution in [3.63, 3.8) is 0 Å². The predicted molar refractivity (Wildman–Crippen MR) is 73.4 cm³/mol. The van der Waals surface area contributed by atoms with E-state index in [1.165, 1.54) is 0 Å². The van der Waals surface area contributed by atoms with E-state index in [2.05, 4.69) is 15.2 Å². The number of morpholine rings is 1. The molecule has 3 N–H and O–H groups in total. The summed E-state index contributed by atoms with van der Waals surface area (Å²) in [5.41, 5.74) is 2.08. The molecule has 0 saturated carbocycles. The molecular formula is C14H21N3O3. The molecule has 6 nitrogen and oxygen atoms in total. The van der Waals surface area contributed by atoms with Gasteiger partial charge in [-0.05, 0) is 6.92 Å². The van der Waals surface area contributed by atoms with Crippen molar-refractivity contribution in [3.05, 3.63) is 23.0 Å². The Morgan fingerprint density at radius 2 is 2.35 bits per heavy atom. The van der Waals surface area contributed by atoms with Crippen LogP contribution in [0.3, 0.4) is 0 Å². The maximum atomic E-state index is 10.2. The van der Waals surface area contributed by atoms with E-state index in [9.17, 15) is 10.2 Å². The van der Waals surface area contributed by atoms with Crippen molar-refractivity contribution in [2.45, 2.75) is 32.2 Å². The van der Waals surface area contributed by atoms with Crippen LogP contribution in [0.1, 0.15) is 16.8 Å². The first-order valence-corrected chi connectivity index (χ1v) is 7.04. The minimum Gasteiger partial charge on any atom is -0.506 e. The number of fused-ring (bicyclic) bond motifs is 1. The van der Waals surface area contributed by atoms with Gasteiger partial charge in [0.2, 0.25) is 0 Å². The van der Waals surface area contributed by atoms with Crippen LogP contribution >= 0.6 is 0 Å². The minimum absolute atomic E-state index is 0.104. The molecule has 20 heavy (non-hydrogen) atoms. The van der Waals surface area contributed by atoms with Gasteiger partial charge in [-0.3, -0.25) is 9.88 Å². The lowest BCUT2D eigenvalue weighted by atomic mass is 10.0. The SMILES string of the molecule is Cc1ncc(CO)c(CN2CCO[C@H]3CNC[C@H]32)c1O. The third-order valence-electron chi connectivity index (χ3n) is 4.27. The molecule has 2 saturated heterocycles. The Balaban J connectivity index is 1.85. The monoisotopic (exact) mass is 279 g/mol. The fourth-order valence-electron chi connectivity index (χ4n) is 3.06. The normalized spacial score (nSPS) is 26.7. The number of ether oxygens (including phenoxy) is 1. The molecule has 1 aromatic rings. The number of hydrogen-bond acceptors (Lipinski definition) is 6. The van der Waals surface area contributed by atoms with Crippen molar-refractivity contribution < 1.29 is 14.9 Å². The van der Waals surface area contributed by atoms with E-state index in [-0.39, 0.29) is 18.5 Å². The summed E-state index contributed by atoms with van der Waals surface area (Å²) in [6.45, 7) is 5.64. The number of nitrogens with one attached hydrogen (secondary N) is 1. The number of nitrogens with zero attached hydrogens (tertiary/aromatic N) is 2. The topological polar surface area (TPSA) is 77.9 Å². The molecule has 1 aromatic heterocycles. The first-order valence-electron chi connectivity index (χ1n) is 7.04. The molecule has 0 radical (unpaired) electrons. The summed E-state index contributed by atoms with van der Waals surface area (Å²) in [5, 5.41) is 23.0. The second kappa shape index (κ2) is 5.65. The summed E-state index contributed by atoms with van der Waals surface area (Å²) in [6.07, 6.45) is 1.88. The van der Waals surface area contributed by atoms with Crippen LogP contribution in [0.4, 0.5) is 0 Å². The zero-order valence-electron chi connectivity index (χ0n) is 11.7. The molecular weight excluding hydrogens is 258 g/mol. The molecule has 0 aromatic carbocycles. The van der Waals surface area contributed by atoms with Gasteiger partial charge in [0.05, 0.1) is 25.0 Å². The third-order valence-corrected chi connectivity index (χ3v) is 4.27. The van der Waals surface area contributed by atoms with E-state index in [0.29, 0.717) is 30.5 Å². The first kappa shape index (κ1) is 13.8. The van der Waals surface area contributed by atoms with E-state index < -0.39 is 0 Å². The van der Waals surface area contributed by atoms with E-state index >= 15 is 0 Å². The Kier molecular flexibility index (Phi) is 3.89. The van der Waals surface area contributed by atoms with Gasteiger partial charge in [0.25, 0.3) is 0 Å². The average molecular weight is 279 g/mol. The maximum absolute atomic E-state index is 10.2. The number of aliphatic hydroxyl groups excluding tert-OH is 1. The van der Waals surface area contributed by atoms with Crippen LogP contribution in [-0.4, -0.2) is 58.5 Å². The molecule has 2 aliphatic heterocycles. The number of hydrogen-bond donors (Lipinski definition) is 3. The van der Waals surface area contributed by atoms with Gasteiger partial charge in [0, 0.05) is 49.5 Å². The van der Waals surface area contributed by atoms with Crippen molar-refractivity contribution in [1.82, 2.24) is 15.2 Å². The number of pyridine rings is 1. The third kappa shape index (κ3) is 2.40. The van der Waals surface area contributed by atoms with Crippen LogP contribution in [0.15, 0.2) is 6.20 Å². The molecule has 0 spiro atoms. The van der Waals surface area contributed by atoms with Crippen LogP contribution in [0.2, 0.25) is 0 Å². The van der Waals surface area contributed by atoms with E-state index in [1.807, 2.05) is 0 Å². The number of aromatic hydroxyl groups is 1. The Morgan fingerprint density at radius 1 is 1.50 bits per heavy atom. The average Bonchev–Trinajstić information content (AvgIpc) is 2.93. The molecule has 0 amide bonds. The summed E-state index contributed by atoms with van der Waals surface area (Å²) in [4.78, 5) is 6.43. The molecule has 3 heterocycles. The Labute approximate surface area is 118 Å². The van der Waals surface area contributed by atoms with Gasteiger partial charge in [-0.1, -0.05) is 0 Å². The highest BCUT2D eigenvalue weighted by molar-refractivity contribution is 5.40. The van der Waals surface area contributed by atoms with Crippen LogP contribution in [0, 0.1) is 6.92 Å². The second-order valence-electron chi connectivity index (χ2n) is 5.46. The van der Waals surface area contributed by atoms with Crippen molar-refractivity contribution in [2.24, 2.45) is 0 Å². The van der Waals surface area contributed by atoms with Crippen LogP contribution in [-0.2, 0) is 17.9 Å². The minimum atomic E-state index is -0.104. The standard InChI is InChI=1S/C14H21N3O3/c1-9-14(19)11(10(8-18)4-16-9)7-17-2-3-20-13-6-15-5-12(13)17/h4,12-13,15,18-19H,2-3,5-8H2,1H3/t12-,13+/m1/s1. The zero-order chi connectivity index (χ0) is 14.1. The van der Waals surface area contributed by atoms with Crippen molar-refractivity contribution in [3.8, 4) is 5.75 Å². The highest BCUT2D eigenvalue weighted by Gasteiger charge is 2.36. The summed E-state index contributed by atoms with van der Waals surface area (Å²) in [7, 11) is 0. The van der Waals surface area contributed by atoms with Crippen molar-refractivity contribution in [1.29, 1.82) is 0 Å². The first-order chi connectivity index (χ1) is 9.70. The van der Waals surface area contributed by atoms with Crippen LogP contribution in [0.5, 0.6) is 5.75 Å². The highest BCUT2D eigenvalue weighted by Crippen LogP contribution is 2.28. The van der Waals surface area contributed by atoms with Crippen LogP contribution in [0.25, 0.3) is 0 Å². The smallest absolute Gasteiger partial charge is 0.141 e. The molecule has 0 aliphatic carbocycles. The molecule has 0 bridgehead atoms. The number of rotatable bonds is 3. The molecule has 2 atom stereocenters. The molecule has 2 aliphatic rings. The van der Waals surface area contributed by atoms with Gasteiger partial charge in [-0.15, -0.1) is 0 Å². The number of aliphatic hydroxyl groups is 1. The number of aromatic nitrogens is 1. The maximum Gasteiger partial charge on any atom is 0.141 e.